The summed E-state index contributed by atoms with van der Waals surface area (Å²) in [5.41, 5.74) is 2.81. The van der Waals surface area contributed by atoms with E-state index in [4.69, 9.17) is 14.3 Å². The number of aromatic nitrogens is 2. The first-order valence-corrected chi connectivity index (χ1v) is 8.99. The zero-order chi connectivity index (χ0) is 19.6. The molecule has 8 heteroatoms. The summed E-state index contributed by atoms with van der Waals surface area (Å²) in [5.74, 6) is 1.22. The van der Waals surface area contributed by atoms with Gasteiger partial charge >= 0.3 is 0 Å². The van der Waals surface area contributed by atoms with E-state index in [0.717, 1.165) is 26.1 Å². The van der Waals surface area contributed by atoms with E-state index in [0.29, 0.717) is 31.2 Å². The van der Waals surface area contributed by atoms with E-state index < -0.39 is 0 Å². The van der Waals surface area contributed by atoms with Crippen molar-refractivity contribution < 1.29 is 19.1 Å². The van der Waals surface area contributed by atoms with Crippen LogP contribution in [0.3, 0.4) is 0 Å². The van der Waals surface area contributed by atoms with Crippen molar-refractivity contribution in [3.8, 4) is 0 Å². The molecule has 1 aromatic carbocycles. The fourth-order valence-electron chi connectivity index (χ4n) is 2.99. The highest BCUT2D eigenvalue weighted by Gasteiger charge is 2.18. The van der Waals surface area contributed by atoms with Crippen LogP contribution in [0.1, 0.15) is 42.7 Å². The van der Waals surface area contributed by atoms with Gasteiger partial charge in [0.1, 0.15) is 0 Å². The number of amides is 1. The average molecular weight is 374 g/mol. The minimum Gasteiger partial charge on any atom is -0.483 e. The minimum atomic E-state index is -0.250. The maximum Gasteiger partial charge on any atom is 0.290 e. The number of hydrogen-bond donors (Lipinski definition) is 1. The van der Waals surface area contributed by atoms with Crippen molar-refractivity contribution in [2.75, 3.05) is 13.6 Å². The molecule has 2 heterocycles. The Morgan fingerprint density at radius 2 is 1.85 bits per heavy atom. The summed E-state index contributed by atoms with van der Waals surface area (Å²) in [4.78, 5) is 24.6. The summed E-state index contributed by atoms with van der Waals surface area (Å²) in [6.07, 6.45) is 2.11. The van der Waals surface area contributed by atoms with Crippen LogP contribution < -0.4 is 0 Å². The molecular weight excluding hydrogens is 348 g/mol. The fourth-order valence-corrected chi connectivity index (χ4v) is 2.99. The lowest BCUT2D eigenvalue weighted by Gasteiger charge is -2.17. The molecule has 0 bridgehead atoms. The predicted molar refractivity (Wildman–Crippen MR) is 98.6 cm³/mol. The van der Waals surface area contributed by atoms with Gasteiger partial charge in [0.15, 0.2) is 0 Å². The summed E-state index contributed by atoms with van der Waals surface area (Å²) in [6.45, 7) is 5.00. The lowest BCUT2D eigenvalue weighted by atomic mass is 10.1. The van der Waals surface area contributed by atoms with E-state index in [2.05, 4.69) is 39.4 Å². The van der Waals surface area contributed by atoms with Gasteiger partial charge in [-0.3, -0.25) is 14.5 Å². The highest BCUT2D eigenvalue weighted by atomic mass is 16.4. The quantitative estimate of drug-likeness (QED) is 0.741. The first kappa shape index (κ1) is 20.6. The Balaban J connectivity index is 0.000000817. The second kappa shape index (κ2) is 10.4. The van der Waals surface area contributed by atoms with Crippen LogP contribution in [0.25, 0.3) is 0 Å². The molecule has 0 aliphatic carbocycles. The number of fused-ring (bicyclic) bond motifs is 1. The maximum absolute atomic E-state index is 12.2. The number of hydrogen-bond acceptors (Lipinski definition) is 6. The molecular formula is C19H26N4O4. The smallest absolute Gasteiger partial charge is 0.290 e. The Kier molecular flexibility index (Phi) is 7.94. The Morgan fingerprint density at radius 3 is 2.41 bits per heavy atom. The number of carbonyl (C=O) groups excluding carboxylic acids is 1. The molecule has 1 aliphatic heterocycles. The molecule has 146 valence electrons. The van der Waals surface area contributed by atoms with Gasteiger partial charge in [0.2, 0.25) is 17.7 Å². The van der Waals surface area contributed by atoms with Gasteiger partial charge in [0, 0.05) is 33.0 Å². The van der Waals surface area contributed by atoms with Crippen LogP contribution in [0.5, 0.6) is 0 Å². The number of aryl methyl sites for hydroxylation is 1. The molecule has 0 atom stereocenters. The topological polar surface area (TPSA) is 99.8 Å². The third-order valence-corrected chi connectivity index (χ3v) is 4.38. The molecule has 0 unspecified atom stereocenters. The van der Waals surface area contributed by atoms with Crippen molar-refractivity contribution in [2.45, 2.75) is 45.8 Å². The average Bonchev–Trinajstić information content (AvgIpc) is 3.28. The number of benzene rings is 1. The summed E-state index contributed by atoms with van der Waals surface area (Å²) in [5, 5.41) is 14.8. The molecule has 1 aromatic heterocycles. The SMILES string of the molecule is CCc1nnc(CN(C)C(=O)CCCN2Cc3ccccc3C2)o1.O=CO. The van der Waals surface area contributed by atoms with Crippen molar-refractivity contribution in [2.24, 2.45) is 0 Å². The highest BCUT2D eigenvalue weighted by Crippen LogP contribution is 2.22. The van der Waals surface area contributed by atoms with Gasteiger partial charge in [-0.2, -0.15) is 0 Å². The Bertz CT molecular complexity index is 722. The predicted octanol–water partition coefficient (Wildman–Crippen LogP) is 2.09. The number of carboxylic acid groups (broad SMARTS) is 1. The van der Waals surface area contributed by atoms with Gasteiger partial charge in [-0.1, -0.05) is 31.2 Å². The molecule has 3 rings (SSSR count). The molecule has 8 nitrogen and oxygen atoms in total. The van der Waals surface area contributed by atoms with Crippen molar-refractivity contribution >= 4 is 12.4 Å². The van der Waals surface area contributed by atoms with Crippen molar-refractivity contribution in [3.63, 3.8) is 0 Å². The van der Waals surface area contributed by atoms with Crippen LogP contribution in [-0.2, 0) is 35.6 Å². The van der Waals surface area contributed by atoms with Gasteiger partial charge in [-0.05, 0) is 24.1 Å². The standard InChI is InChI=1S/C18H24N4O2.CH2O2/c1-3-16-19-20-17(24-16)13-21(2)18(23)9-6-10-22-11-14-7-4-5-8-15(14)12-22;2-1-3/h4-5,7-8H,3,6,9-13H2,1-2H3;1H,(H,2,3). The summed E-state index contributed by atoms with van der Waals surface area (Å²) < 4.78 is 5.45. The first-order chi connectivity index (χ1) is 13.1. The van der Waals surface area contributed by atoms with Gasteiger partial charge in [-0.15, -0.1) is 10.2 Å². The van der Waals surface area contributed by atoms with E-state index in [9.17, 15) is 4.79 Å². The second-order valence-electron chi connectivity index (χ2n) is 6.38. The monoisotopic (exact) mass is 374 g/mol. The summed E-state index contributed by atoms with van der Waals surface area (Å²) >= 11 is 0. The van der Waals surface area contributed by atoms with Gasteiger partial charge in [0.05, 0.1) is 6.54 Å². The molecule has 0 saturated carbocycles. The molecule has 0 fully saturated rings. The van der Waals surface area contributed by atoms with Crippen LogP contribution in [0.2, 0.25) is 0 Å². The van der Waals surface area contributed by atoms with Crippen molar-refractivity contribution in [3.05, 3.63) is 47.2 Å². The molecule has 1 amide bonds. The third kappa shape index (κ3) is 6.18. The van der Waals surface area contributed by atoms with E-state index in [-0.39, 0.29) is 12.4 Å². The van der Waals surface area contributed by atoms with Crippen LogP contribution >= 0.6 is 0 Å². The lowest BCUT2D eigenvalue weighted by Crippen LogP contribution is -2.27. The van der Waals surface area contributed by atoms with E-state index in [1.807, 2.05) is 6.92 Å². The molecule has 27 heavy (non-hydrogen) atoms. The molecule has 0 radical (unpaired) electrons. The maximum atomic E-state index is 12.2. The van der Waals surface area contributed by atoms with Gasteiger partial charge in [0.25, 0.3) is 6.47 Å². The van der Waals surface area contributed by atoms with E-state index >= 15 is 0 Å². The molecule has 2 aromatic rings. The fraction of sp³-hybridized carbons (Fsp3) is 0.474. The zero-order valence-corrected chi connectivity index (χ0v) is 15.8. The van der Waals surface area contributed by atoms with Crippen molar-refractivity contribution in [1.82, 2.24) is 20.0 Å². The first-order valence-electron chi connectivity index (χ1n) is 8.99. The third-order valence-electron chi connectivity index (χ3n) is 4.38. The van der Waals surface area contributed by atoms with Crippen LogP contribution in [0.4, 0.5) is 0 Å². The number of carbonyl (C=O) groups is 2. The lowest BCUT2D eigenvalue weighted by molar-refractivity contribution is -0.131. The largest absolute Gasteiger partial charge is 0.483 e. The Hall–Kier alpha value is -2.74. The van der Waals surface area contributed by atoms with Crippen LogP contribution in [0.15, 0.2) is 28.7 Å². The molecule has 1 N–H and O–H groups in total. The molecule has 1 aliphatic rings. The normalized spacial score (nSPS) is 12.8. The van der Waals surface area contributed by atoms with E-state index in [1.54, 1.807) is 11.9 Å². The summed E-state index contributed by atoms with van der Waals surface area (Å²) in [6, 6.07) is 8.54. The van der Waals surface area contributed by atoms with Crippen LogP contribution in [0, 0.1) is 0 Å². The Labute approximate surface area is 158 Å². The minimum absolute atomic E-state index is 0.114. The van der Waals surface area contributed by atoms with Gasteiger partial charge < -0.3 is 14.4 Å². The molecule has 0 saturated heterocycles. The van der Waals surface area contributed by atoms with Gasteiger partial charge in [-0.25, -0.2) is 0 Å². The zero-order valence-electron chi connectivity index (χ0n) is 15.8. The number of nitrogens with zero attached hydrogens (tertiary/aromatic N) is 4. The summed E-state index contributed by atoms with van der Waals surface area (Å²) in [7, 11) is 1.78. The second-order valence-corrected chi connectivity index (χ2v) is 6.38. The highest BCUT2D eigenvalue weighted by molar-refractivity contribution is 5.75. The molecule has 0 spiro atoms. The van der Waals surface area contributed by atoms with Crippen molar-refractivity contribution in [1.29, 1.82) is 0 Å². The van der Waals surface area contributed by atoms with E-state index in [1.165, 1.54) is 11.1 Å². The Morgan fingerprint density at radius 1 is 1.26 bits per heavy atom. The van der Waals surface area contributed by atoms with Crippen LogP contribution in [-0.4, -0.2) is 51.1 Å². The number of rotatable bonds is 7.